The molecule has 1 aromatic heterocycles. The SMILES string of the molecule is COCCNCc1cnc(C(OC)c2ccccc2)[nH]1. The molecule has 0 bridgehead atoms. The van der Waals surface area contributed by atoms with Gasteiger partial charge in [0, 0.05) is 39.2 Å². The quantitative estimate of drug-likeness (QED) is 0.722. The third-order valence-electron chi connectivity index (χ3n) is 3.03. The third kappa shape index (κ3) is 3.90. The number of nitrogens with zero attached hydrogens (tertiary/aromatic N) is 1. The van der Waals surface area contributed by atoms with E-state index in [0.29, 0.717) is 6.61 Å². The topological polar surface area (TPSA) is 59.2 Å². The first kappa shape index (κ1) is 14.7. The summed E-state index contributed by atoms with van der Waals surface area (Å²) in [6.45, 7) is 2.25. The second kappa shape index (κ2) is 7.79. The summed E-state index contributed by atoms with van der Waals surface area (Å²) in [5, 5.41) is 3.28. The molecule has 0 saturated carbocycles. The zero-order valence-electron chi connectivity index (χ0n) is 11.9. The lowest BCUT2D eigenvalue weighted by Crippen LogP contribution is -2.18. The van der Waals surface area contributed by atoms with E-state index < -0.39 is 0 Å². The lowest BCUT2D eigenvalue weighted by atomic mass is 10.1. The van der Waals surface area contributed by atoms with E-state index in [0.717, 1.165) is 30.2 Å². The molecule has 2 rings (SSSR count). The van der Waals surface area contributed by atoms with Gasteiger partial charge in [0.15, 0.2) is 0 Å². The molecule has 2 N–H and O–H groups in total. The van der Waals surface area contributed by atoms with Gasteiger partial charge in [0.1, 0.15) is 11.9 Å². The van der Waals surface area contributed by atoms with Crippen LogP contribution in [0.15, 0.2) is 36.5 Å². The number of hydrogen-bond donors (Lipinski definition) is 2. The average Bonchev–Trinajstić information content (AvgIpc) is 2.94. The summed E-state index contributed by atoms with van der Waals surface area (Å²) in [6, 6.07) is 10.1. The van der Waals surface area contributed by atoms with E-state index in [2.05, 4.69) is 15.3 Å². The average molecular weight is 275 g/mol. The molecule has 1 atom stereocenters. The van der Waals surface area contributed by atoms with Crippen molar-refractivity contribution in [3.05, 3.63) is 53.6 Å². The monoisotopic (exact) mass is 275 g/mol. The van der Waals surface area contributed by atoms with Gasteiger partial charge in [0.2, 0.25) is 0 Å². The summed E-state index contributed by atoms with van der Waals surface area (Å²) < 4.78 is 10.5. The Morgan fingerprint density at radius 2 is 2.05 bits per heavy atom. The number of ether oxygens (including phenoxy) is 2. The summed E-state index contributed by atoms with van der Waals surface area (Å²) in [5.41, 5.74) is 2.12. The van der Waals surface area contributed by atoms with Gasteiger partial charge in [0.25, 0.3) is 0 Å². The molecule has 5 heteroatoms. The maximum atomic E-state index is 5.54. The molecular formula is C15H21N3O2. The molecule has 0 amide bonds. The van der Waals surface area contributed by atoms with Crippen LogP contribution in [0.2, 0.25) is 0 Å². The predicted molar refractivity (Wildman–Crippen MR) is 77.5 cm³/mol. The molecule has 2 aromatic rings. The van der Waals surface area contributed by atoms with Gasteiger partial charge >= 0.3 is 0 Å². The number of aromatic nitrogens is 2. The van der Waals surface area contributed by atoms with Crippen LogP contribution in [0.3, 0.4) is 0 Å². The molecule has 108 valence electrons. The van der Waals surface area contributed by atoms with Crippen LogP contribution >= 0.6 is 0 Å². The number of methoxy groups -OCH3 is 2. The van der Waals surface area contributed by atoms with E-state index in [9.17, 15) is 0 Å². The molecule has 0 radical (unpaired) electrons. The highest BCUT2D eigenvalue weighted by atomic mass is 16.5. The fourth-order valence-corrected chi connectivity index (χ4v) is 2.03. The Morgan fingerprint density at radius 3 is 2.75 bits per heavy atom. The molecule has 1 aromatic carbocycles. The molecule has 0 aliphatic rings. The van der Waals surface area contributed by atoms with Crippen molar-refractivity contribution in [2.24, 2.45) is 0 Å². The first-order chi connectivity index (χ1) is 9.85. The molecule has 0 aliphatic heterocycles. The van der Waals surface area contributed by atoms with Crippen LogP contribution < -0.4 is 5.32 Å². The van der Waals surface area contributed by atoms with Crippen molar-refractivity contribution in [1.29, 1.82) is 0 Å². The first-order valence-electron chi connectivity index (χ1n) is 6.66. The van der Waals surface area contributed by atoms with Crippen LogP contribution in [0.25, 0.3) is 0 Å². The van der Waals surface area contributed by atoms with E-state index in [1.807, 2.05) is 36.5 Å². The summed E-state index contributed by atoms with van der Waals surface area (Å²) in [4.78, 5) is 7.71. The minimum absolute atomic E-state index is 0.163. The second-order valence-corrected chi connectivity index (χ2v) is 4.49. The zero-order chi connectivity index (χ0) is 14.2. The van der Waals surface area contributed by atoms with E-state index >= 15 is 0 Å². The molecule has 5 nitrogen and oxygen atoms in total. The van der Waals surface area contributed by atoms with E-state index in [-0.39, 0.29) is 6.10 Å². The van der Waals surface area contributed by atoms with Gasteiger partial charge in [-0.15, -0.1) is 0 Å². The summed E-state index contributed by atoms with van der Waals surface area (Å²) in [6.07, 6.45) is 1.67. The Kier molecular flexibility index (Phi) is 5.73. The van der Waals surface area contributed by atoms with Crippen molar-refractivity contribution in [2.45, 2.75) is 12.6 Å². The van der Waals surface area contributed by atoms with Gasteiger partial charge in [-0.1, -0.05) is 30.3 Å². The lowest BCUT2D eigenvalue weighted by molar-refractivity contribution is 0.129. The summed E-state index contributed by atoms with van der Waals surface area (Å²) >= 11 is 0. The van der Waals surface area contributed by atoms with Gasteiger partial charge in [-0.05, 0) is 5.56 Å². The van der Waals surface area contributed by atoms with Crippen LogP contribution in [0.1, 0.15) is 23.2 Å². The van der Waals surface area contributed by atoms with Gasteiger partial charge in [-0.2, -0.15) is 0 Å². The van der Waals surface area contributed by atoms with E-state index in [1.165, 1.54) is 0 Å². The maximum absolute atomic E-state index is 5.54. The van der Waals surface area contributed by atoms with E-state index in [1.54, 1.807) is 14.2 Å². The summed E-state index contributed by atoms with van der Waals surface area (Å²) in [7, 11) is 3.38. The van der Waals surface area contributed by atoms with Crippen LogP contribution in [0.4, 0.5) is 0 Å². The standard InChI is InChI=1S/C15H21N3O2/c1-19-9-8-16-10-13-11-17-15(18-13)14(20-2)12-6-4-3-5-7-12/h3-7,11,14,16H,8-10H2,1-2H3,(H,17,18). The highest BCUT2D eigenvalue weighted by Crippen LogP contribution is 2.22. The number of aromatic amines is 1. The van der Waals surface area contributed by atoms with Crippen molar-refractivity contribution in [3.63, 3.8) is 0 Å². The van der Waals surface area contributed by atoms with Crippen LogP contribution in [0, 0.1) is 0 Å². The number of hydrogen-bond acceptors (Lipinski definition) is 4. The van der Waals surface area contributed by atoms with Crippen molar-refractivity contribution in [2.75, 3.05) is 27.4 Å². The molecule has 0 saturated heterocycles. The van der Waals surface area contributed by atoms with Gasteiger partial charge in [-0.25, -0.2) is 4.98 Å². The number of imidazole rings is 1. The van der Waals surface area contributed by atoms with Gasteiger partial charge < -0.3 is 19.8 Å². The number of H-pyrrole nitrogens is 1. The summed E-state index contributed by atoms with van der Waals surface area (Å²) in [5.74, 6) is 0.822. The molecule has 1 unspecified atom stereocenters. The second-order valence-electron chi connectivity index (χ2n) is 4.49. The number of benzene rings is 1. The van der Waals surface area contributed by atoms with Crippen LogP contribution in [-0.4, -0.2) is 37.3 Å². The Morgan fingerprint density at radius 1 is 1.25 bits per heavy atom. The minimum atomic E-state index is -0.163. The predicted octanol–water partition coefficient (Wildman–Crippen LogP) is 1.88. The Hall–Kier alpha value is -1.69. The smallest absolute Gasteiger partial charge is 0.140 e. The molecular weight excluding hydrogens is 254 g/mol. The molecule has 0 spiro atoms. The zero-order valence-corrected chi connectivity index (χ0v) is 11.9. The first-order valence-corrected chi connectivity index (χ1v) is 6.66. The molecule has 0 aliphatic carbocycles. The third-order valence-corrected chi connectivity index (χ3v) is 3.03. The van der Waals surface area contributed by atoms with Crippen molar-refractivity contribution in [3.8, 4) is 0 Å². The number of rotatable bonds is 8. The van der Waals surface area contributed by atoms with Gasteiger partial charge in [-0.3, -0.25) is 0 Å². The number of nitrogens with one attached hydrogen (secondary N) is 2. The highest BCUT2D eigenvalue weighted by molar-refractivity contribution is 5.23. The molecule has 20 heavy (non-hydrogen) atoms. The normalized spacial score (nSPS) is 12.5. The molecule has 1 heterocycles. The lowest BCUT2D eigenvalue weighted by Gasteiger charge is -2.13. The van der Waals surface area contributed by atoms with Crippen molar-refractivity contribution < 1.29 is 9.47 Å². The van der Waals surface area contributed by atoms with Crippen molar-refractivity contribution in [1.82, 2.24) is 15.3 Å². The Labute approximate surface area is 119 Å². The van der Waals surface area contributed by atoms with E-state index in [4.69, 9.17) is 9.47 Å². The maximum Gasteiger partial charge on any atom is 0.140 e. The fourth-order valence-electron chi connectivity index (χ4n) is 2.03. The Bertz CT molecular complexity index is 499. The van der Waals surface area contributed by atoms with Crippen LogP contribution in [-0.2, 0) is 16.0 Å². The Balaban J connectivity index is 1.99. The highest BCUT2D eigenvalue weighted by Gasteiger charge is 2.16. The molecule has 0 fully saturated rings. The van der Waals surface area contributed by atoms with Gasteiger partial charge in [0.05, 0.1) is 6.61 Å². The minimum Gasteiger partial charge on any atom is -0.383 e. The largest absolute Gasteiger partial charge is 0.383 e. The van der Waals surface area contributed by atoms with Crippen molar-refractivity contribution >= 4 is 0 Å². The fraction of sp³-hybridized carbons (Fsp3) is 0.400. The van der Waals surface area contributed by atoms with Crippen LogP contribution in [0.5, 0.6) is 0 Å².